The number of thiophene rings is 1. The number of aryl methyl sites for hydroxylation is 1. The van der Waals surface area contributed by atoms with E-state index in [0.717, 1.165) is 36.6 Å². The van der Waals surface area contributed by atoms with Gasteiger partial charge in [0.2, 0.25) is 5.95 Å². The first-order valence-electron chi connectivity index (χ1n) is 10.3. The molecule has 0 radical (unpaired) electrons. The molecule has 3 N–H and O–H groups in total. The summed E-state index contributed by atoms with van der Waals surface area (Å²) in [6.45, 7) is 1.62. The molecule has 32 heavy (non-hydrogen) atoms. The molecule has 0 saturated carbocycles. The van der Waals surface area contributed by atoms with Crippen LogP contribution >= 0.6 is 11.3 Å². The lowest BCUT2D eigenvalue weighted by Crippen LogP contribution is -2.28. The standard InChI is InChI=1S/C22H23N7O2S/c1-28-10-4-8-15-18(28)20(24-12-13-6-5-11-32-13)27-21(25-15)29-16-9-3-7-14(19(23)30)17(16)26-22(29)31-2/h3,5-7,9,11H,4,8,10,12H2,1-2H3,(H2,23,30)(H,24,25,27). The molecule has 0 spiro atoms. The van der Waals surface area contributed by atoms with Gasteiger partial charge < -0.3 is 20.7 Å². The van der Waals surface area contributed by atoms with Crippen molar-refractivity contribution in [1.29, 1.82) is 0 Å². The number of para-hydroxylation sites is 1. The molecule has 9 nitrogen and oxygen atoms in total. The van der Waals surface area contributed by atoms with E-state index in [-0.39, 0.29) is 0 Å². The van der Waals surface area contributed by atoms with Crippen LogP contribution in [0.3, 0.4) is 0 Å². The molecule has 164 valence electrons. The summed E-state index contributed by atoms with van der Waals surface area (Å²) in [5.41, 5.74) is 8.99. The van der Waals surface area contributed by atoms with Crippen molar-refractivity contribution in [2.45, 2.75) is 19.4 Å². The van der Waals surface area contributed by atoms with Gasteiger partial charge >= 0.3 is 6.01 Å². The van der Waals surface area contributed by atoms with Gasteiger partial charge in [-0.2, -0.15) is 9.97 Å². The smallest absolute Gasteiger partial charge is 0.304 e. The average Bonchev–Trinajstić information content (AvgIpc) is 3.44. The molecule has 0 unspecified atom stereocenters. The summed E-state index contributed by atoms with van der Waals surface area (Å²) >= 11 is 1.70. The van der Waals surface area contributed by atoms with Crippen LogP contribution in [0.15, 0.2) is 35.7 Å². The topological polar surface area (TPSA) is 111 Å². The van der Waals surface area contributed by atoms with Crippen LogP contribution in [0.2, 0.25) is 0 Å². The number of rotatable bonds is 6. The maximum absolute atomic E-state index is 11.9. The SMILES string of the molecule is COc1nc2c(C(N)=O)cccc2n1-c1nc2c(c(NCc3cccs3)n1)N(C)CCC2. The number of benzene rings is 1. The second-order valence-corrected chi connectivity index (χ2v) is 8.63. The number of carbonyl (C=O) groups is 1. The van der Waals surface area contributed by atoms with E-state index in [1.807, 2.05) is 12.1 Å². The molecule has 1 aliphatic heterocycles. The minimum atomic E-state index is -0.547. The molecule has 4 aromatic rings. The number of ether oxygens (including phenoxy) is 1. The van der Waals surface area contributed by atoms with Crippen LogP contribution in [0.4, 0.5) is 11.5 Å². The van der Waals surface area contributed by atoms with Gasteiger partial charge in [0.05, 0.1) is 30.4 Å². The van der Waals surface area contributed by atoms with E-state index < -0.39 is 5.91 Å². The fourth-order valence-electron chi connectivity index (χ4n) is 4.07. The Bertz CT molecular complexity index is 1300. The van der Waals surface area contributed by atoms with Gasteiger partial charge in [-0.25, -0.2) is 9.55 Å². The maximum Gasteiger partial charge on any atom is 0.304 e. The highest BCUT2D eigenvalue weighted by molar-refractivity contribution is 7.09. The third-order valence-corrected chi connectivity index (χ3v) is 6.42. The normalized spacial score (nSPS) is 13.2. The lowest BCUT2D eigenvalue weighted by atomic mass is 10.1. The number of hydrogen-bond donors (Lipinski definition) is 2. The van der Waals surface area contributed by atoms with Crippen molar-refractivity contribution in [3.8, 4) is 12.0 Å². The fourth-order valence-corrected chi connectivity index (χ4v) is 4.72. The van der Waals surface area contributed by atoms with Gasteiger partial charge in [0.25, 0.3) is 5.91 Å². The first-order valence-corrected chi connectivity index (χ1v) is 11.2. The molecule has 4 heterocycles. The number of aromatic nitrogens is 4. The number of fused-ring (bicyclic) bond motifs is 2. The molecule has 3 aromatic heterocycles. The van der Waals surface area contributed by atoms with Gasteiger partial charge in [-0.1, -0.05) is 12.1 Å². The summed E-state index contributed by atoms with van der Waals surface area (Å²) in [6.07, 6.45) is 1.86. The minimum Gasteiger partial charge on any atom is -0.468 e. The molecule has 1 aromatic carbocycles. The van der Waals surface area contributed by atoms with Gasteiger partial charge in [0, 0.05) is 18.5 Å². The van der Waals surface area contributed by atoms with Crippen molar-refractivity contribution in [2.75, 3.05) is 30.9 Å². The number of nitrogens with zero attached hydrogens (tertiary/aromatic N) is 5. The Morgan fingerprint density at radius 2 is 2.12 bits per heavy atom. The minimum absolute atomic E-state index is 0.294. The van der Waals surface area contributed by atoms with Crippen molar-refractivity contribution in [2.24, 2.45) is 5.73 Å². The maximum atomic E-state index is 11.9. The van der Waals surface area contributed by atoms with Crippen LogP contribution in [0.25, 0.3) is 17.0 Å². The van der Waals surface area contributed by atoms with Crippen LogP contribution in [-0.4, -0.2) is 46.1 Å². The van der Waals surface area contributed by atoms with Crippen molar-refractivity contribution in [3.05, 3.63) is 51.8 Å². The van der Waals surface area contributed by atoms with Crippen LogP contribution in [0.5, 0.6) is 6.01 Å². The monoisotopic (exact) mass is 449 g/mol. The molecule has 1 amide bonds. The van der Waals surface area contributed by atoms with Crippen molar-refractivity contribution in [3.63, 3.8) is 0 Å². The number of anilines is 2. The Hall–Kier alpha value is -3.66. The third kappa shape index (κ3) is 3.42. The Morgan fingerprint density at radius 3 is 2.88 bits per heavy atom. The highest BCUT2D eigenvalue weighted by Crippen LogP contribution is 2.34. The lowest BCUT2D eigenvalue weighted by Gasteiger charge is -2.29. The van der Waals surface area contributed by atoms with E-state index in [9.17, 15) is 4.79 Å². The van der Waals surface area contributed by atoms with Crippen LogP contribution in [0.1, 0.15) is 27.3 Å². The number of methoxy groups -OCH3 is 1. The van der Waals surface area contributed by atoms with E-state index >= 15 is 0 Å². The first-order chi connectivity index (χ1) is 15.6. The molecule has 5 rings (SSSR count). The number of hydrogen-bond acceptors (Lipinski definition) is 8. The summed E-state index contributed by atoms with van der Waals surface area (Å²) in [5.74, 6) is 0.651. The number of nitrogens with one attached hydrogen (secondary N) is 1. The quantitative estimate of drug-likeness (QED) is 0.465. The van der Waals surface area contributed by atoms with E-state index in [0.29, 0.717) is 35.1 Å². The Morgan fingerprint density at radius 1 is 1.25 bits per heavy atom. The molecule has 0 saturated heterocycles. The Balaban J connectivity index is 1.68. The highest BCUT2D eigenvalue weighted by atomic mass is 32.1. The number of carbonyl (C=O) groups excluding carboxylic acids is 1. The number of primary amides is 1. The van der Waals surface area contributed by atoms with Crippen molar-refractivity contribution >= 4 is 39.8 Å². The molecule has 0 aliphatic carbocycles. The predicted molar refractivity (Wildman–Crippen MR) is 125 cm³/mol. The number of amides is 1. The van der Waals surface area contributed by atoms with E-state index in [1.165, 1.54) is 12.0 Å². The fraction of sp³-hybridized carbons (Fsp3) is 0.273. The summed E-state index contributed by atoms with van der Waals surface area (Å²) in [4.78, 5) is 29.6. The molecule has 0 fully saturated rings. The zero-order valence-electron chi connectivity index (χ0n) is 17.8. The molecule has 0 atom stereocenters. The summed E-state index contributed by atoms with van der Waals surface area (Å²) in [7, 11) is 3.59. The molecular weight excluding hydrogens is 426 g/mol. The van der Waals surface area contributed by atoms with Crippen molar-refractivity contribution < 1.29 is 9.53 Å². The van der Waals surface area contributed by atoms with Gasteiger partial charge in [0.1, 0.15) is 11.2 Å². The molecule has 10 heteroatoms. The predicted octanol–water partition coefficient (Wildman–Crippen LogP) is 2.98. The third-order valence-electron chi connectivity index (χ3n) is 5.55. The Kier molecular flexibility index (Phi) is 5.14. The molecule has 0 bridgehead atoms. The molecule has 1 aliphatic rings. The van der Waals surface area contributed by atoms with Gasteiger partial charge in [-0.05, 0) is 36.4 Å². The van der Waals surface area contributed by atoms with Crippen LogP contribution in [-0.2, 0) is 13.0 Å². The van der Waals surface area contributed by atoms with Gasteiger partial charge in [0.15, 0.2) is 5.82 Å². The molecular formula is C22H23N7O2S. The second-order valence-electron chi connectivity index (χ2n) is 7.60. The highest BCUT2D eigenvalue weighted by Gasteiger charge is 2.25. The summed E-state index contributed by atoms with van der Waals surface area (Å²) in [5, 5.41) is 5.55. The second kappa shape index (κ2) is 8.12. The zero-order chi connectivity index (χ0) is 22.2. The lowest BCUT2D eigenvalue weighted by molar-refractivity contribution is 0.100. The average molecular weight is 450 g/mol. The van der Waals surface area contributed by atoms with Gasteiger partial charge in [-0.15, -0.1) is 11.3 Å². The van der Waals surface area contributed by atoms with Crippen LogP contribution in [0, 0.1) is 0 Å². The summed E-state index contributed by atoms with van der Waals surface area (Å²) in [6, 6.07) is 9.69. The van der Waals surface area contributed by atoms with Crippen molar-refractivity contribution in [1.82, 2.24) is 19.5 Å². The number of nitrogens with two attached hydrogens (primary N) is 1. The van der Waals surface area contributed by atoms with Gasteiger partial charge in [-0.3, -0.25) is 4.79 Å². The van der Waals surface area contributed by atoms with Crippen LogP contribution < -0.4 is 20.7 Å². The van der Waals surface area contributed by atoms with E-state index in [2.05, 4.69) is 33.7 Å². The summed E-state index contributed by atoms with van der Waals surface area (Å²) < 4.78 is 7.26. The number of imidazole rings is 1. The Labute approximate surface area is 188 Å². The van der Waals surface area contributed by atoms with E-state index in [4.69, 9.17) is 20.4 Å². The zero-order valence-corrected chi connectivity index (χ0v) is 18.6. The first kappa shape index (κ1) is 20.3. The largest absolute Gasteiger partial charge is 0.468 e. The van der Waals surface area contributed by atoms with E-state index in [1.54, 1.807) is 28.0 Å².